The van der Waals surface area contributed by atoms with Gasteiger partial charge in [0.2, 0.25) is 0 Å². The molecule has 35 heavy (non-hydrogen) atoms. The normalized spacial score (nSPS) is 14.1. The summed E-state index contributed by atoms with van der Waals surface area (Å²) < 4.78 is 7.23. The number of fused-ring (bicyclic) bond motifs is 3. The number of nitrogens with zero attached hydrogens (tertiary/aromatic N) is 6. The Balaban J connectivity index is 1.41. The van der Waals surface area contributed by atoms with Crippen LogP contribution >= 0.6 is 11.6 Å². The second-order valence-corrected chi connectivity index (χ2v) is 9.25. The van der Waals surface area contributed by atoms with Gasteiger partial charge in [-0.2, -0.15) is 4.52 Å². The van der Waals surface area contributed by atoms with Crippen LogP contribution in [0.2, 0.25) is 5.02 Å². The van der Waals surface area contributed by atoms with Crippen LogP contribution in [0.1, 0.15) is 5.56 Å². The standard InChI is InChI=1S/C27H25ClN6O/c1-18-5-3-6-19(15-18)25-27-29-26(23-16-20(28)9-10-24(23)34(27)31-30-25)33-13-11-32(12-14-33)21-7-4-8-22(17-21)35-2/h3-10,15-17H,11-14H2,1-2H3. The van der Waals surface area contributed by atoms with Crippen LogP contribution in [0.3, 0.4) is 0 Å². The number of aromatic nitrogens is 4. The molecule has 2 aromatic heterocycles. The van der Waals surface area contributed by atoms with Gasteiger partial charge in [-0.1, -0.05) is 46.6 Å². The number of ether oxygens (including phenoxy) is 1. The summed E-state index contributed by atoms with van der Waals surface area (Å²) in [4.78, 5) is 9.84. The van der Waals surface area contributed by atoms with E-state index in [2.05, 4.69) is 57.4 Å². The highest BCUT2D eigenvalue weighted by atomic mass is 35.5. The number of rotatable bonds is 4. The summed E-state index contributed by atoms with van der Waals surface area (Å²) in [5, 5.41) is 10.6. The molecular formula is C27H25ClN6O. The zero-order chi connectivity index (χ0) is 23.9. The van der Waals surface area contributed by atoms with Gasteiger partial charge in [-0.25, -0.2) is 4.98 Å². The molecule has 0 N–H and O–H groups in total. The maximum absolute atomic E-state index is 6.42. The molecule has 176 valence electrons. The minimum atomic E-state index is 0.675. The Labute approximate surface area is 208 Å². The highest BCUT2D eigenvalue weighted by molar-refractivity contribution is 6.31. The molecule has 0 saturated carbocycles. The first-order valence-corrected chi connectivity index (χ1v) is 12.0. The lowest BCUT2D eigenvalue weighted by atomic mass is 10.1. The van der Waals surface area contributed by atoms with E-state index in [1.807, 2.05) is 40.9 Å². The van der Waals surface area contributed by atoms with Crippen molar-refractivity contribution in [1.82, 2.24) is 19.8 Å². The number of piperazine rings is 1. The van der Waals surface area contributed by atoms with Gasteiger partial charge in [0.25, 0.3) is 0 Å². The van der Waals surface area contributed by atoms with Gasteiger partial charge in [-0.3, -0.25) is 0 Å². The highest BCUT2D eigenvalue weighted by Gasteiger charge is 2.23. The molecule has 8 heteroatoms. The Morgan fingerprint density at radius 2 is 1.69 bits per heavy atom. The quantitative estimate of drug-likeness (QED) is 0.347. The topological polar surface area (TPSA) is 58.8 Å². The van der Waals surface area contributed by atoms with E-state index in [4.69, 9.17) is 21.3 Å². The van der Waals surface area contributed by atoms with Crippen LogP contribution in [0.4, 0.5) is 11.5 Å². The lowest BCUT2D eigenvalue weighted by Gasteiger charge is -2.37. The first-order valence-electron chi connectivity index (χ1n) is 11.7. The van der Waals surface area contributed by atoms with Gasteiger partial charge in [0.05, 0.1) is 12.6 Å². The predicted molar refractivity (Wildman–Crippen MR) is 141 cm³/mol. The predicted octanol–water partition coefficient (Wildman–Crippen LogP) is 5.24. The Hall–Kier alpha value is -3.84. The molecular weight excluding hydrogens is 460 g/mol. The fraction of sp³-hybridized carbons (Fsp3) is 0.222. The average molecular weight is 485 g/mol. The van der Waals surface area contributed by atoms with E-state index in [0.717, 1.165) is 65.6 Å². The second kappa shape index (κ2) is 8.74. The van der Waals surface area contributed by atoms with E-state index >= 15 is 0 Å². The molecule has 7 nitrogen and oxygen atoms in total. The molecule has 1 aliphatic heterocycles. The Morgan fingerprint density at radius 1 is 0.886 bits per heavy atom. The largest absolute Gasteiger partial charge is 0.497 e. The summed E-state index contributed by atoms with van der Waals surface area (Å²) in [6.45, 7) is 5.51. The molecule has 3 aromatic carbocycles. The third-order valence-electron chi connectivity index (χ3n) is 6.58. The van der Waals surface area contributed by atoms with Crippen LogP contribution in [0.15, 0.2) is 66.7 Å². The molecule has 1 saturated heterocycles. The molecule has 0 amide bonds. The zero-order valence-corrected chi connectivity index (χ0v) is 20.4. The molecule has 1 fully saturated rings. The first-order chi connectivity index (χ1) is 17.1. The van der Waals surface area contributed by atoms with Crippen molar-refractivity contribution < 1.29 is 4.74 Å². The van der Waals surface area contributed by atoms with Crippen LogP contribution in [0.5, 0.6) is 5.75 Å². The minimum Gasteiger partial charge on any atom is -0.497 e. The summed E-state index contributed by atoms with van der Waals surface area (Å²) in [7, 11) is 1.70. The molecule has 0 unspecified atom stereocenters. The highest BCUT2D eigenvalue weighted by Crippen LogP contribution is 2.33. The lowest BCUT2D eigenvalue weighted by molar-refractivity contribution is 0.414. The maximum atomic E-state index is 6.42. The van der Waals surface area contributed by atoms with Crippen molar-refractivity contribution in [3.05, 3.63) is 77.3 Å². The van der Waals surface area contributed by atoms with Crippen LogP contribution in [0, 0.1) is 6.92 Å². The van der Waals surface area contributed by atoms with Crippen LogP contribution < -0.4 is 14.5 Å². The van der Waals surface area contributed by atoms with E-state index in [-0.39, 0.29) is 0 Å². The smallest absolute Gasteiger partial charge is 0.186 e. The number of benzene rings is 3. The van der Waals surface area contributed by atoms with Crippen molar-refractivity contribution in [3.63, 3.8) is 0 Å². The summed E-state index contributed by atoms with van der Waals surface area (Å²) >= 11 is 6.42. The molecule has 0 aliphatic carbocycles. The van der Waals surface area contributed by atoms with E-state index < -0.39 is 0 Å². The summed E-state index contributed by atoms with van der Waals surface area (Å²) in [5.41, 5.74) is 5.82. The SMILES string of the molecule is COc1cccc(N2CCN(c3nc4c(-c5cccc(C)c5)nnn4c4ccc(Cl)cc34)CC2)c1. The van der Waals surface area contributed by atoms with Gasteiger partial charge in [0.1, 0.15) is 17.3 Å². The number of methoxy groups -OCH3 is 1. The molecule has 6 rings (SSSR count). The molecule has 3 heterocycles. The summed E-state index contributed by atoms with van der Waals surface area (Å²) in [6, 6.07) is 22.4. The fourth-order valence-electron chi connectivity index (χ4n) is 4.78. The minimum absolute atomic E-state index is 0.675. The lowest BCUT2D eigenvalue weighted by Crippen LogP contribution is -2.47. The van der Waals surface area contributed by atoms with Crippen molar-refractivity contribution in [2.45, 2.75) is 6.92 Å². The molecule has 0 radical (unpaired) electrons. The molecule has 0 spiro atoms. The summed E-state index contributed by atoms with van der Waals surface area (Å²) in [6.07, 6.45) is 0. The van der Waals surface area contributed by atoms with E-state index in [1.165, 1.54) is 11.3 Å². The Bertz CT molecular complexity index is 1540. The first kappa shape index (κ1) is 21.7. The Kier molecular flexibility index (Phi) is 5.41. The number of hydrogen-bond donors (Lipinski definition) is 0. The summed E-state index contributed by atoms with van der Waals surface area (Å²) in [5.74, 6) is 1.78. The third-order valence-corrected chi connectivity index (χ3v) is 6.81. The van der Waals surface area contributed by atoms with Gasteiger partial charge in [-0.15, -0.1) is 5.10 Å². The number of aryl methyl sites for hydroxylation is 1. The zero-order valence-electron chi connectivity index (χ0n) is 19.6. The van der Waals surface area contributed by atoms with Gasteiger partial charge >= 0.3 is 0 Å². The number of halogens is 1. The van der Waals surface area contributed by atoms with Gasteiger partial charge < -0.3 is 14.5 Å². The molecule has 0 bridgehead atoms. The van der Waals surface area contributed by atoms with E-state index in [1.54, 1.807) is 7.11 Å². The van der Waals surface area contributed by atoms with Crippen LogP contribution in [-0.2, 0) is 0 Å². The van der Waals surface area contributed by atoms with Crippen molar-refractivity contribution in [2.75, 3.05) is 43.1 Å². The number of anilines is 2. The average Bonchev–Trinajstić information content (AvgIpc) is 3.32. The van der Waals surface area contributed by atoms with E-state index in [0.29, 0.717) is 5.02 Å². The molecule has 1 aliphatic rings. The van der Waals surface area contributed by atoms with Crippen LogP contribution in [-0.4, -0.2) is 53.1 Å². The Morgan fingerprint density at radius 3 is 2.49 bits per heavy atom. The van der Waals surface area contributed by atoms with Gasteiger partial charge in [0.15, 0.2) is 5.65 Å². The van der Waals surface area contributed by atoms with E-state index in [9.17, 15) is 0 Å². The third kappa shape index (κ3) is 3.91. The van der Waals surface area contributed by atoms with Gasteiger partial charge in [0, 0.05) is 53.9 Å². The second-order valence-electron chi connectivity index (χ2n) is 8.82. The van der Waals surface area contributed by atoms with Crippen molar-refractivity contribution in [3.8, 4) is 17.0 Å². The molecule has 5 aromatic rings. The fourth-order valence-corrected chi connectivity index (χ4v) is 4.95. The van der Waals surface area contributed by atoms with Crippen molar-refractivity contribution in [1.29, 1.82) is 0 Å². The van der Waals surface area contributed by atoms with Crippen molar-refractivity contribution in [2.24, 2.45) is 0 Å². The monoisotopic (exact) mass is 484 g/mol. The van der Waals surface area contributed by atoms with Gasteiger partial charge in [-0.05, 0) is 43.3 Å². The molecule has 0 atom stereocenters. The maximum Gasteiger partial charge on any atom is 0.186 e. The number of hydrogen-bond acceptors (Lipinski definition) is 6. The van der Waals surface area contributed by atoms with Crippen LogP contribution in [0.25, 0.3) is 27.8 Å². The van der Waals surface area contributed by atoms with Crippen molar-refractivity contribution >= 4 is 39.7 Å².